The summed E-state index contributed by atoms with van der Waals surface area (Å²) >= 11 is 4.24. The first kappa shape index (κ1) is 18.2. The van der Waals surface area contributed by atoms with Crippen molar-refractivity contribution in [2.75, 3.05) is 39.8 Å². The summed E-state index contributed by atoms with van der Waals surface area (Å²) in [5.74, 6) is -0.583. The Morgan fingerprint density at radius 3 is 2.44 bits per heavy atom. The predicted octanol–water partition coefficient (Wildman–Crippen LogP) is 2.26. The van der Waals surface area contributed by atoms with E-state index in [4.69, 9.17) is 0 Å². The van der Waals surface area contributed by atoms with Gasteiger partial charge in [0.2, 0.25) is 5.91 Å². The summed E-state index contributed by atoms with van der Waals surface area (Å²) in [5.41, 5.74) is 0.832. The van der Waals surface area contributed by atoms with Gasteiger partial charge in [0.15, 0.2) is 0 Å². The molecule has 0 atom stereocenters. The Hall–Kier alpha value is -1.64. The summed E-state index contributed by atoms with van der Waals surface area (Å²) in [7, 11) is 2.01. The summed E-state index contributed by atoms with van der Waals surface area (Å²) in [6.45, 7) is 2.67. The zero-order chi connectivity index (χ0) is 18.0. The zero-order valence-corrected chi connectivity index (χ0v) is 16.2. The summed E-state index contributed by atoms with van der Waals surface area (Å²) in [4.78, 5) is 42.3. The van der Waals surface area contributed by atoms with Crippen molar-refractivity contribution in [3.05, 3.63) is 39.2 Å². The van der Waals surface area contributed by atoms with Gasteiger partial charge in [-0.2, -0.15) is 0 Å². The molecule has 6 nitrogen and oxygen atoms in total. The molecule has 0 saturated carbocycles. The van der Waals surface area contributed by atoms with E-state index in [1.54, 1.807) is 11.0 Å². The van der Waals surface area contributed by atoms with Crippen LogP contribution >= 0.6 is 27.7 Å². The number of thioether (sulfide) groups is 1. The molecule has 0 N–H and O–H groups in total. The van der Waals surface area contributed by atoms with Gasteiger partial charge in [-0.3, -0.25) is 19.3 Å². The molecule has 25 heavy (non-hydrogen) atoms. The number of likely N-dealkylation sites (N-methyl/N-ethyl adjacent to an activating group) is 1. The number of rotatable bonds is 3. The highest BCUT2D eigenvalue weighted by molar-refractivity contribution is 9.10. The van der Waals surface area contributed by atoms with Gasteiger partial charge in [-0.05, 0) is 42.6 Å². The van der Waals surface area contributed by atoms with Gasteiger partial charge < -0.3 is 9.80 Å². The lowest BCUT2D eigenvalue weighted by molar-refractivity contribution is -0.137. The van der Waals surface area contributed by atoms with E-state index in [0.29, 0.717) is 18.0 Å². The maximum Gasteiger partial charge on any atom is 0.294 e. The van der Waals surface area contributed by atoms with Crippen LogP contribution in [0.15, 0.2) is 33.6 Å². The Balaban J connectivity index is 1.67. The summed E-state index contributed by atoms with van der Waals surface area (Å²) in [6.07, 6.45) is 1.68. The molecule has 8 heteroatoms. The fraction of sp³-hybridized carbons (Fsp3) is 0.353. The number of piperazine rings is 1. The number of carbonyl (C=O) groups is 3. The van der Waals surface area contributed by atoms with Crippen LogP contribution in [0.4, 0.5) is 4.79 Å². The number of hydrogen-bond donors (Lipinski definition) is 0. The zero-order valence-electron chi connectivity index (χ0n) is 13.8. The molecule has 2 saturated heterocycles. The van der Waals surface area contributed by atoms with E-state index in [2.05, 4.69) is 20.8 Å². The fourth-order valence-electron chi connectivity index (χ4n) is 2.64. The van der Waals surface area contributed by atoms with Gasteiger partial charge in [0, 0.05) is 30.7 Å². The van der Waals surface area contributed by atoms with Crippen LogP contribution in [0.25, 0.3) is 6.08 Å². The Morgan fingerprint density at radius 1 is 1.16 bits per heavy atom. The van der Waals surface area contributed by atoms with E-state index in [1.165, 1.54) is 0 Å². The molecular weight excluding hydrogens is 406 g/mol. The van der Waals surface area contributed by atoms with Crippen LogP contribution in [-0.2, 0) is 9.59 Å². The molecule has 2 fully saturated rings. The van der Waals surface area contributed by atoms with Crippen molar-refractivity contribution in [1.29, 1.82) is 0 Å². The number of halogens is 1. The number of hydrogen-bond acceptors (Lipinski definition) is 5. The lowest BCUT2D eigenvalue weighted by Gasteiger charge is -2.33. The molecule has 0 radical (unpaired) electrons. The van der Waals surface area contributed by atoms with Crippen molar-refractivity contribution in [2.45, 2.75) is 0 Å². The van der Waals surface area contributed by atoms with Gasteiger partial charge in [0.25, 0.3) is 11.1 Å². The average Bonchev–Trinajstić information content (AvgIpc) is 2.85. The second-order valence-corrected chi connectivity index (χ2v) is 7.91. The third kappa shape index (κ3) is 4.31. The molecule has 3 rings (SSSR count). The molecular formula is C17H18BrN3O3S. The van der Waals surface area contributed by atoms with Crippen LogP contribution in [-0.4, -0.2) is 71.5 Å². The monoisotopic (exact) mass is 423 g/mol. The van der Waals surface area contributed by atoms with E-state index in [9.17, 15) is 14.4 Å². The average molecular weight is 424 g/mol. The molecule has 132 valence electrons. The van der Waals surface area contributed by atoms with Crippen molar-refractivity contribution in [3.8, 4) is 0 Å². The molecule has 1 aromatic rings. The molecule has 3 amide bonds. The number of nitrogens with zero attached hydrogens (tertiary/aromatic N) is 3. The molecule has 1 aromatic carbocycles. The third-order valence-corrected chi connectivity index (χ3v) is 5.63. The Kier molecular flexibility index (Phi) is 5.61. The molecule has 0 aliphatic carbocycles. The van der Waals surface area contributed by atoms with E-state index >= 15 is 0 Å². The van der Waals surface area contributed by atoms with Crippen LogP contribution in [0.3, 0.4) is 0 Å². The van der Waals surface area contributed by atoms with Crippen LogP contribution in [0, 0.1) is 0 Å². The Bertz CT molecular complexity index is 727. The minimum atomic E-state index is -0.402. The lowest BCUT2D eigenvalue weighted by atomic mass is 10.2. The van der Waals surface area contributed by atoms with Crippen LogP contribution < -0.4 is 0 Å². The second-order valence-electron chi connectivity index (χ2n) is 6.00. The number of imide groups is 1. The highest BCUT2D eigenvalue weighted by atomic mass is 79.9. The molecule has 0 unspecified atom stereocenters. The normalized spacial score (nSPS) is 20.6. The first-order chi connectivity index (χ1) is 11.9. The highest BCUT2D eigenvalue weighted by Crippen LogP contribution is 2.32. The topological polar surface area (TPSA) is 60.9 Å². The quantitative estimate of drug-likeness (QED) is 0.697. The van der Waals surface area contributed by atoms with Crippen molar-refractivity contribution in [3.63, 3.8) is 0 Å². The first-order valence-corrected chi connectivity index (χ1v) is 9.52. The summed E-state index contributed by atoms with van der Waals surface area (Å²) < 4.78 is 0.940. The molecule has 0 aromatic heterocycles. The maximum atomic E-state index is 12.5. The Labute approximate surface area is 158 Å². The van der Waals surface area contributed by atoms with Crippen molar-refractivity contribution in [2.24, 2.45) is 0 Å². The molecule has 2 aliphatic heterocycles. The smallest absolute Gasteiger partial charge is 0.294 e. The third-order valence-electron chi connectivity index (χ3n) is 4.19. The van der Waals surface area contributed by atoms with E-state index in [0.717, 1.165) is 39.8 Å². The SMILES string of the molecule is CN1CCN(C(=O)CN2C(=O)S/C(=C\c3ccc(Br)cc3)C2=O)CC1. The van der Waals surface area contributed by atoms with E-state index < -0.39 is 11.1 Å². The van der Waals surface area contributed by atoms with Gasteiger partial charge in [0.1, 0.15) is 6.54 Å². The molecule has 2 heterocycles. The van der Waals surface area contributed by atoms with Crippen molar-refractivity contribution < 1.29 is 14.4 Å². The van der Waals surface area contributed by atoms with Gasteiger partial charge in [-0.1, -0.05) is 28.1 Å². The van der Waals surface area contributed by atoms with Crippen LogP contribution in [0.1, 0.15) is 5.56 Å². The Morgan fingerprint density at radius 2 is 1.80 bits per heavy atom. The standard InChI is InChI=1S/C17H18BrN3O3S/c1-19-6-8-20(9-7-19)15(22)11-21-16(23)14(25-17(21)24)10-12-2-4-13(18)5-3-12/h2-5,10H,6-9,11H2,1H3/b14-10-. The summed E-state index contributed by atoms with van der Waals surface area (Å²) in [6, 6.07) is 7.45. The van der Waals surface area contributed by atoms with Gasteiger partial charge >= 0.3 is 0 Å². The number of carbonyl (C=O) groups excluding carboxylic acids is 3. The van der Waals surface area contributed by atoms with Crippen molar-refractivity contribution in [1.82, 2.24) is 14.7 Å². The molecule has 2 aliphatic rings. The first-order valence-electron chi connectivity index (χ1n) is 7.91. The minimum Gasteiger partial charge on any atom is -0.339 e. The van der Waals surface area contributed by atoms with Gasteiger partial charge in [0.05, 0.1) is 4.91 Å². The van der Waals surface area contributed by atoms with Crippen molar-refractivity contribution >= 4 is 50.8 Å². The van der Waals surface area contributed by atoms with E-state index in [1.807, 2.05) is 31.3 Å². The number of amides is 3. The summed E-state index contributed by atoms with van der Waals surface area (Å²) in [5, 5.41) is -0.393. The predicted molar refractivity (Wildman–Crippen MR) is 101 cm³/mol. The largest absolute Gasteiger partial charge is 0.339 e. The second kappa shape index (κ2) is 7.72. The van der Waals surface area contributed by atoms with E-state index in [-0.39, 0.29) is 12.5 Å². The van der Waals surface area contributed by atoms with Gasteiger partial charge in [-0.25, -0.2) is 0 Å². The van der Waals surface area contributed by atoms with Gasteiger partial charge in [-0.15, -0.1) is 0 Å². The highest BCUT2D eigenvalue weighted by Gasteiger charge is 2.37. The molecule has 0 spiro atoms. The maximum absolute atomic E-state index is 12.5. The van der Waals surface area contributed by atoms with Crippen LogP contribution in [0.5, 0.6) is 0 Å². The van der Waals surface area contributed by atoms with Crippen LogP contribution in [0.2, 0.25) is 0 Å². The number of benzene rings is 1. The molecule has 0 bridgehead atoms. The lowest BCUT2D eigenvalue weighted by Crippen LogP contribution is -2.50. The minimum absolute atomic E-state index is 0.180. The fourth-order valence-corrected chi connectivity index (χ4v) is 3.74.